The predicted molar refractivity (Wildman–Crippen MR) is 188 cm³/mol. The van der Waals surface area contributed by atoms with E-state index in [4.69, 9.17) is 9.98 Å². The van der Waals surface area contributed by atoms with Crippen molar-refractivity contribution in [2.45, 2.75) is 69.6 Å². The molecule has 0 unspecified atom stereocenters. The third-order valence-corrected chi connectivity index (χ3v) is 11.5. The van der Waals surface area contributed by atoms with Crippen LogP contribution in [0.15, 0.2) is 119 Å². The molecule has 0 atom stereocenters. The lowest BCUT2D eigenvalue weighted by Gasteiger charge is -2.39. The van der Waals surface area contributed by atoms with Crippen LogP contribution in [0.2, 0.25) is 0 Å². The summed E-state index contributed by atoms with van der Waals surface area (Å²) in [6.45, 7) is 1.56. The Balaban J connectivity index is 1.35. The van der Waals surface area contributed by atoms with Gasteiger partial charge in [0.25, 0.3) is 0 Å². The van der Waals surface area contributed by atoms with Gasteiger partial charge in [0.15, 0.2) is 18.5 Å². The van der Waals surface area contributed by atoms with Crippen LogP contribution >= 0.6 is 0 Å². The highest BCUT2D eigenvalue weighted by atomic mass is 15.2. The molecule has 0 radical (unpaired) electrons. The van der Waals surface area contributed by atoms with E-state index in [0.717, 1.165) is 25.9 Å². The molecule has 3 aliphatic heterocycles. The van der Waals surface area contributed by atoms with Crippen LogP contribution in [0.3, 0.4) is 0 Å². The van der Waals surface area contributed by atoms with E-state index >= 15 is 0 Å². The lowest BCUT2D eigenvalue weighted by atomic mass is 9.65. The fourth-order valence-electron chi connectivity index (χ4n) is 9.18. The van der Waals surface area contributed by atoms with E-state index in [1.165, 1.54) is 108 Å². The molecule has 3 heterocycles. The van der Waals surface area contributed by atoms with Crippen LogP contribution in [0, 0.1) is 5.41 Å². The molecule has 0 N–H and O–H groups in total. The van der Waals surface area contributed by atoms with Gasteiger partial charge in [-0.25, -0.2) is 9.15 Å². The van der Waals surface area contributed by atoms with E-state index in [-0.39, 0.29) is 10.8 Å². The summed E-state index contributed by atoms with van der Waals surface area (Å²) >= 11 is 0. The number of aliphatic imine (C=N–C) groups is 2. The second kappa shape index (κ2) is 11.1. The van der Waals surface area contributed by atoms with Gasteiger partial charge in [0.05, 0.1) is 0 Å². The van der Waals surface area contributed by atoms with Crippen molar-refractivity contribution in [3.63, 3.8) is 0 Å². The lowest BCUT2D eigenvalue weighted by molar-refractivity contribution is -0.432. The molecule has 5 aliphatic rings. The summed E-state index contributed by atoms with van der Waals surface area (Å²) in [6.07, 6.45) is 11.9. The van der Waals surface area contributed by atoms with Gasteiger partial charge in [-0.05, 0) is 83.2 Å². The summed E-state index contributed by atoms with van der Waals surface area (Å²) in [5, 5.41) is 0. The minimum absolute atomic E-state index is 0.00856. The second-order valence-electron chi connectivity index (χ2n) is 14.1. The largest absolute Gasteiger partial charge is 0.318 e. The van der Waals surface area contributed by atoms with Crippen molar-refractivity contribution in [1.29, 1.82) is 0 Å². The Morgan fingerprint density at radius 2 is 0.870 bits per heavy atom. The lowest BCUT2D eigenvalue weighted by Crippen LogP contribution is -2.44. The summed E-state index contributed by atoms with van der Waals surface area (Å²) < 4.78 is 5.04. The monoisotopic (exact) mass is 602 g/mol. The molecule has 4 heteroatoms. The number of benzene rings is 4. The Labute approximate surface area is 272 Å². The minimum atomic E-state index is -0.280. The van der Waals surface area contributed by atoms with E-state index in [2.05, 4.69) is 118 Å². The highest BCUT2D eigenvalue weighted by Crippen LogP contribution is 2.47. The fraction of sp³-hybridized carbons (Fsp3) is 0.333. The first-order valence-corrected chi connectivity index (χ1v) is 17.5. The number of rotatable bonds is 2. The van der Waals surface area contributed by atoms with E-state index in [1.54, 1.807) is 0 Å². The van der Waals surface area contributed by atoms with Crippen molar-refractivity contribution in [2.24, 2.45) is 15.4 Å². The standard InChI is InChI=1S/C42H42N4/c1-5-19-35(20-6-1)45-29-37-31-15-13-17-33(27-31)41(23-9-3-10-24-41)34-18-14-16-32(28-34)38-30-46(36-21-7-2-8-22-36)40(44-38)42(39(45)43-37)25-11-4-12-26-42/h1-2,5-8,13-22,27-28H,3-4,9-12,23-26,29-30H2/q+2. The topological polar surface area (TPSA) is 30.7 Å². The van der Waals surface area contributed by atoms with Gasteiger partial charge in [0.1, 0.15) is 11.4 Å². The van der Waals surface area contributed by atoms with Crippen LogP contribution in [-0.4, -0.2) is 45.3 Å². The van der Waals surface area contributed by atoms with Crippen LogP contribution in [0.25, 0.3) is 0 Å². The first-order chi connectivity index (χ1) is 22.7. The third kappa shape index (κ3) is 4.40. The molecule has 2 spiro atoms. The molecule has 4 nitrogen and oxygen atoms in total. The van der Waals surface area contributed by atoms with E-state index in [0.29, 0.717) is 0 Å². The molecular formula is C42H42N4+2. The molecule has 2 fully saturated rings. The molecule has 2 saturated carbocycles. The summed E-state index contributed by atoms with van der Waals surface area (Å²) in [4.78, 5) is 11.5. The highest BCUT2D eigenvalue weighted by Gasteiger charge is 2.58. The van der Waals surface area contributed by atoms with Crippen molar-refractivity contribution < 1.29 is 9.15 Å². The van der Waals surface area contributed by atoms with Gasteiger partial charge in [0, 0.05) is 16.5 Å². The number of nitrogens with zero attached hydrogens (tertiary/aromatic N) is 4. The van der Waals surface area contributed by atoms with Crippen molar-refractivity contribution in [3.8, 4) is 0 Å². The number of hydrogen-bond acceptors (Lipinski definition) is 2. The van der Waals surface area contributed by atoms with E-state index < -0.39 is 0 Å². The Hall–Kier alpha value is -4.44. The van der Waals surface area contributed by atoms with E-state index in [9.17, 15) is 0 Å². The molecule has 9 rings (SSSR count). The van der Waals surface area contributed by atoms with Gasteiger partial charge in [-0.2, -0.15) is 0 Å². The van der Waals surface area contributed by atoms with E-state index in [1.807, 2.05) is 0 Å². The average Bonchev–Trinajstić information content (AvgIpc) is 3.80. The molecule has 228 valence electrons. The zero-order valence-corrected chi connectivity index (χ0v) is 26.7. The first kappa shape index (κ1) is 27.8. The van der Waals surface area contributed by atoms with Gasteiger partial charge in [0.2, 0.25) is 11.4 Å². The van der Waals surface area contributed by atoms with Gasteiger partial charge < -0.3 is 0 Å². The first-order valence-electron chi connectivity index (χ1n) is 17.5. The zero-order chi connectivity index (χ0) is 30.6. The van der Waals surface area contributed by atoms with Crippen molar-refractivity contribution in [3.05, 3.63) is 131 Å². The molecule has 46 heavy (non-hydrogen) atoms. The molecule has 4 aromatic rings. The number of para-hydroxylation sites is 2. The maximum Gasteiger partial charge on any atom is 0.318 e. The molecule has 0 aromatic heterocycles. The summed E-state index contributed by atoms with van der Waals surface area (Å²) in [7, 11) is 0. The smallest absolute Gasteiger partial charge is 0.219 e. The third-order valence-electron chi connectivity index (χ3n) is 11.5. The Morgan fingerprint density at radius 1 is 0.435 bits per heavy atom. The normalized spacial score (nSPS) is 21.3. The van der Waals surface area contributed by atoms with Gasteiger partial charge in [-0.15, -0.1) is 0 Å². The molecular weight excluding hydrogens is 560 g/mol. The van der Waals surface area contributed by atoms with Crippen molar-refractivity contribution >= 4 is 34.5 Å². The Kier molecular flexibility index (Phi) is 6.73. The molecule has 0 amide bonds. The number of hydrogen-bond donors (Lipinski definition) is 0. The Morgan fingerprint density at radius 3 is 1.33 bits per heavy atom. The van der Waals surface area contributed by atoms with Crippen LogP contribution in [0.5, 0.6) is 0 Å². The maximum atomic E-state index is 5.73. The predicted octanol–water partition coefficient (Wildman–Crippen LogP) is 8.99. The molecule has 8 bridgehead atoms. The summed E-state index contributed by atoms with van der Waals surface area (Å²) in [5.74, 6) is 2.36. The van der Waals surface area contributed by atoms with Crippen molar-refractivity contribution in [1.82, 2.24) is 0 Å². The zero-order valence-electron chi connectivity index (χ0n) is 26.7. The molecule has 4 aromatic carbocycles. The van der Waals surface area contributed by atoms with Gasteiger partial charge >= 0.3 is 11.7 Å². The molecule has 2 aliphatic carbocycles. The maximum absolute atomic E-state index is 5.73. The summed E-state index contributed by atoms with van der Waals surface area (Å²) in [6, 6.07) is 40.9. The van der Waals surface area contributed by atoms with Gasteiger partial charge in [-0.1, -0.05) is 111 Å². The van der Waals surface area contributed by atoms with Crippen LogP contribution in [-0.2, 0) is 5.41 Å². The summed E-state index contributed by atoms with van der Waals surface area (Å²) in [5.41, 5.74) is 9.92. The van der Waals surface area contributed by atoms with Gasteiger partial charge in [-0.3, -0.25) is 0 Å². The minimum Gasteiger partial charge on any atom is -0.219 e. The SMILES string of the molecule is c1ccc([N+]2=C3N=C(C2)c2cccc(c2)C2(CCCCC2)c2cccc(c2)C2=NC(=[N+](c4ccccc4)C2)C32CCCCC2)cc1. The van der Waals surface area contributed by atoms with Crippen LogP contribution in [0.4, 0.5) is 11.4 Å². The van der Waals surface area contributed by atoms with Crippen molar-refractivity contribution in [2.75, 3.05) is 13.1 Å². The highest BCUT2D eigenvalue weighted by molar-refractivity contribution is 6.20. The van der Waals surface area contributed by atoms with Crippen LogP contribution < -0.4 is 0 Å². The molecule has 0 saturated heterocycles. The average molecular weight is 603 g/mol. The fourth-order valence-corrected chi connectivity index (χ4v) is 9.18. The quantitative estimate of drug-likeness (QED) is 0.205. The Bertz CT molecular complexity index is 1800. The number of fused-ring (bicyclic) bond motifs is 12. The second-order valence-corrected chi connectivity index (χ2v) is 14.1. The number of amidine groups is 2. The van der Waals surface area contributed by atoms with Crippen LogP contribution in [0.1, 0.15) is 86.5 Å².